The summed E-state index contributed by atoms with van der Waals surface area (Å²) >= 11 is 0. The van der Waals surface area contributed by atoms with Gasteiger partial charge in [0.15, 0.2) is 0 Å². The van der Waals surface area contributed by atoms with E-state index in [4.69, 9.17) is 4.98 Å². The summed E-state index contributed by atoms with van der Waals surface area (Å²) in [4.78, 5) is 14.0. The van der Waals surface area contributed by atoms with Crippen LogP contribution in [0, 0.1) is 17.2 Å². The number of fused-ring (bicyclic) bond motifs is 2. The summed E-state index contributed by atoms with van der Waals surface area (Å²) < 4.78 is 16.0. The second kappa shape index (κ2) is 7.48. The predicted molar refractivity (Wildman–Crippen MR) is 121 cm³/mol. The molecule has 0 unspecified atom stereocenters. The van der Waals surface area contributed by atoms with E-state index >= 15 is 0 Å². The van der Waals surface area contributed by atoms with Gasteiger partial charge in [-0.25, -0.2) is 9.37 Å². The minimum absolute atomic E-state index is 0.223. The molecule has 4 aromatic rings. The molecule has 6 rings (SSSR count). The normalized spacial score (nSPS) is 22.5. The molecule has 0 atom stereocenters. The van der Waals surface area contributed by atoms with Gasteiger partial charge in [-0.2, -0.15) is 0 Å². The van der Waals surface area contributed by atoms with E-state index < -0.39 is 0 Å². The number of imidazole rings is 1. The Bertz CT molecular complexity index is 1290. The predicted octanol–water partition coefficient (Wildman–Crippen LogP) is 5.02. The molecule has 5 nitrogen and oxygen atoms in total. The third kappa shape index (κ3) is 3.21. The number of benzene rings is 2. The average molecular weight is 429 g/mol. The Kier molecular flexibility index (Phi) is 4.57. The van der Waals surface area contributed by atoms with Crippen LogP contribution in [0.15, 0.2) is 54.9 Å². The summed E-state index contributed by atoms with van der Waals surface area (Å²) in [5.74, 6) is 1.28. The lowest BCUT2D eigenvalue weighted by Crippen LogP contribution is -2.30. The molecule has 1 fully saturated rings. The lowest BCUT2D eigenvalue weighted by molar-refractivity contribution is 0.107. The number of aliphatic hydroxyl groups excluding tert-OH is 1. The summed E-state index contributed by atoms with van der Waals surface area (Å²) in [6.45, 7) is 1.22. The van der Waals surface area contributed by atoms with Gasteiger partial charge < -0.3 is 9.67 Å². The van der Waals surface area contributed by atoms with Gasteiger partial charge >= 0.3 is 0 Å². The van der Waals surface area contributed by atoms with Crippen molar-refractivity contribution in [3.05, 3.63) is 66.5 Å². The first-order valence-corrected chi connectivity index (χ1v) is 11.3. The number of aliphatic hydroxyl groups is 1. The van der Waals surface area contributed by atoms with Crippen molar-refractivity contribution in [2.75, 3.05) is 6.61 Å². The molecular formula is C26H25FN4O. The Morgan fingerprint density at radius 1 is 0.969 bits per heavy atom. The van der Waals surface area contributed by atoms with Crippen LogP contribution in [-0.2, 0) is 13.0 Å². The monoisotopic (exact) mass is 428 g/mol. The van der Waals surface area contributed by atoms with Gasteiger partial charge in [-0.05, 0) is 73.4 Å². The van der Waals surface area contributed by atoms with Crippen molar-refractivity contribution in [3.63, 3.8) is 0 Å². The van der Waals surface area contributed by atoms with Gasteiger partial charge in [-0.15, -0.1) is 0 Å². The Morgan fingerprint density at radius 3 is 2.44 bits per heavy atom. The van der Waals surface area contributed by atoms with E-state index in [2.05, 4.69) is 26.7 Å². The minimum atomic E-state index is -0.248. The molecule has 162 valence electrons. The van der Waals surface area contributed by atoms with E-state index in [0.717, 1.165) is 78.0 Å². The summed E-state index contributed by atoms with van der Waals surface area (Å²) in [5.41, 5.74) is 5.86. The molecular weight excluding hydrogens is 403 g/mol. The SMILES string of the molecule is OCC1CCC2(CC1)Cc1nc(-c3ccc(F)cc3)c(-c3ccc4nccnc4c3)n1C2. The maximum atomic E-state index is 13.6. The molecule has 1 spiro atoms. The number of hydrogen-bond donors (Lipinski definition) is 1. The number of halogens is 1. The van der Waals surface area contributed by atoms with Crippen molar-refractivity contribution >= 4 is 11.0 Å². The van der Waals surface area contributed by atoms with Crippen LogP contribution >= 0.6 is 0 Å². The second-order valence-corrected chi connectivity index (χ2v) is 9.38. The molecule has 0 radical (unpaired) electrons. The van der Waals surface area contributed by atoms with Crippen LogP contribution in [0.3, 0.4) is 0 Å². The van der Waals surface area contributed by atoms with Crippen molar-refractivity contribution in [2.24, 2.45) is 11.3 Å². The van der Waals surface area contributed by atoms with Crippen molar-refractivity contribution in [1.82, 2.24) is 19.5 Å². The fourth-order valence-corrected chi connectivity index (χ4v) is 5.55. The molecule has 6 heteroatoms. The molecule has 0 amide bonds. The van der Waals surface area contributed by atoms with Gasteiger partial charge in [0.25, 0.3) is 0 Å². The summed E-state index contributed by atoms with van der Waals surface area (Å²) in [6, 6.07) is 12.8. The van der Waals surface area contributed by atoms with Crippen molar-refractivity contribution < 1.29 is 9.50 Å². The maximum Gasteiger partial charge on any atom is 0.123 e. The zero-order valence-electron chi connectivity index (χ0n) is 17.8. The van der Waals surface area contributed by atoms with Crippen LogP contribution < -0.4 is 0 Å². The second-order valence-electron chi connectivity index (χ2n) is 9.38. The molecule has 32 heavy (non-hydrogen) atoms. The lowest BCUT2D eigenvalue weighted by Gasteiger charge is -2.36. The van der Waals surface area contributed by atoms with Gasteiger partial charge in [-0.1, -0.05) is 6.07 Å². The first kappa shape index (κ1) is 19.6. The maximum absolute atomic E-state index is 13.6. The van der Waals surface area contributed by atoms with E-state index in [1.54, 1.807) is 24.5 Å². The highest BCUT2D eigenvalue weighted by atomic mass is 19.1. The van der Waals surface area contributed by atoms with E-state index in [1.807, 2.05) is 6.07 Å². The van der Waals surface area contributed by atoms with Crippen LogP contribution in [0.4, 0.5) is 4.39 Å². The van der Waals surface area contributed by atoms with E-state index in [9.17, 15) is 9.50 Å². The lowest BCUT2D eigenvalue weighted by atomic mass is 9.70. The standard InChI is InChI=1S/C26H25FN4O/c27-20-4-1-18(2-5-20)24-25(19-3-6-21-22(13-19)29-12-11-28-21)31-16-26(14-23(31)30-24)9-7-17(15-32)8-10-26/h1-6,11-13,17,32H,7-10,14-16H2. The summed E-state index contributed by atoms with van der Waals surface area (Å²) in [5, 5.41) is 9.56. The van der Waals surface area contributed by atoms with Gasteiger partial charge in [0.1, 0.15) is 11.6 Å². The van der Waals surface area contributed by atoms with Gasteiger partial charge in [0.05, 0.1) is 22.4 Å². The average Bonchev–Trinajstić information content (AvgIpc) is 3.34. The zero-order valence-corrected chi connectivity index (χ0v) is 17.8. The van der Waals surface area contributed by atoms with Crippen molar-refractivity contribution in [1.29, 1.82) is 0 Å². The highest BCUT2D eigenvalue weighted by molar-refractivity contribution is 5.85. The smallest absolute Gasteiger partial charge is 0.123 e. The molecule has 2 aromatic heterocycles. The Labute approximate surface area is 186 Å². The molecule has 1 saturated carbocycles. The van der Waals surface area contributed by atoms with Gasteiger partial charge in [0, 0.05) is 43.1 Å². The van der Waals surface area contributed by atoms with E-state index in [0.29, 0.717) is 12.5 Å². The quantitative estimate of drug-likeness (QED) is 0.497. The van der Waals surface area contributed by atoms with Crippen LogP contribution in [0.25, 0.3) is 33.5 Å². The van der Waals surface area contributed by atoms with E-state index in [1.165, 1.54) is 12.1 Å². The highest BCUT2D eigenvalue weighted by Gasteiger charge is 2.43. The highest BCUT2D eigenvalue weighted by Crippen LogP contribution is 2.49. The van der Waals surface area contributed by atoms with Gasteiger partial charge in [0.2, 0.25) is 0 Å². The Hall–Kier alpha value is -3.12. The fourth-order valence-electron chi connectivity index (χ4n) is 5.55. The third-order valence-corrected chi connectivity index (χ3v) is 7.36. The number of nitrogens with zero attached hydrogens (tertiary/aromatic N) is 4. The molecule has 2 aromatic carbocycles. The third-order valence-electron chi connectivity index (χ3n) is 7.36. The number of aromatic nitrogens is 4. The molecule has 1 aliphatic heterocycles. The van der Waals surface area contributed by atoms with Crippen LogP contribution in [0.5, 0.6) is 0 Å². The first-order chi connectivity index (χ1) is 15.6. The van der Waals surface area contributed by atoms with E-state index in [-0.39, 0.29) is 11.2 Å². The Morgan fingerprint density at radius 2 is 1.69 bits per heavy atom. The van der Waals surface area contributed by atoms with Crippen LogP contribution in [-0.4, -0.2) is 31.2 Å². The molecule has 3 heterocycles. The summed E-state index contributed by atoms with van der Waals surface area (Å²) in [6.07, 6.45) is 8.76. The molecule has 0 saturated heterocycles. The zero-order chi connectivity index (χ0) is 21.7. The topological polar surface area (TPSA) is 63.8 Å². The van der Waals surface area contributed by atoms with Crippen LogP contribution in [0.1, 0.15) is 31.5 Å². The molecule has 1 aliphatic carbocycles. The van der Waals surface area contributed by atoms with Crippen molar-refractivity contribution in [2.45, 2.75) is 38.6 Å². The molecule has 0 bridgehead atoms. The van der Waals surface area contributed by atoms with Crippen molar-refractivity contribution in [3.8, 4) is 22.5 Å². The first-order valence-electron chi connectivity index (χ1n) is 11.3. The van der Waals surface area contributed by atoms with Gasteiger partial charge in [-0.3, -0.25) is 9.97 Å². The number of rotatable bonds is 3. The van der Waals surface area contributed by atoms with Crippen LogP contribution in [0.2, 0.25) is 0 Å². The Balaban J connectivity index is 1.47. The fraction of sp³-hybridized carbons (Fsp3) is 0.346. The minimum Gasteiger partial charge on any atom is -0.396 e. The molecule has 1 N–H and O–H groups in total. The molecule has 2 aliphatic rings. The number of hydrogen-bond acceptors (Lipinski definition) is 4. The largest absolute Gasteiger partial charge is 0.396 e. The summed E-state index contributed by atoms with van der Waals surface area (Å²) in [7, 11) is 0.